The van der Waals surface area contributed by atoms with Gasteiger partial charge in [-0.1, -0.05) is 38.1 Å². The van der Waals surface area contributed by atoms with Crippen molar-refractivity contribution in [3.8, 4) is 0 Å². The van der Waals surface area contributed by atoms with Crippen LogP contribution >= 0.6 is 11.3 Å². The number of rotatable bonds is 5. The van der Waals surface area contributed by atoms with Crippen molar-refractivity contribution in [2.75, 3.05) is 26.2 Å². The third-order valence-electron chi connectivity index (χ3n) is 5.73. The third kappa shape index (κ3) is 3.46. The SMILES string of the molecule is CCN(CC)C1CCN(Cc2ccc3sc4ccccc4c3c2)CC1. The second kappa shape index (κ2) is 7.45. The summed E-state index contributed by atoms with van der Waals surface area (Å²) in [4.78, 5) is 5.26. The van der Waals surface area contributed by atoms with Crippen molar-refractivity contribution in [3.05, 3.63) is 48.0 Å². The van der Waals surface area contributed by atoms with Crippen LogP contribution in [-0.2, 0) is 6.54 Å². The molecule has 0 spiro atoms. The third-order valence-corrected chi connectivity index (χ3v) is 6.88. The number of thiophene rings is 1. The molecular formula is C22H28N2S. The molecule has 1 saturated heterocycles. The largest absolute Gasteiger partial charge is 0.301 e. The Balaban J connectivity index is 1.47. The molecule has 4 rings (SSSR count). The topological polar surface area (TPSA) is 6.48 Å². The maximum atomic E-state index is 2.63. The van der Waals surface area contributed by atoms with E-state index >= 15 is 0 Å². The smallest absolute Gasteiger partial charge is 0.0355 e. The second-order valence-corrected chi connectivity index (χ2v) is 8.24. The lowest BCUT2D eigenvalue weighted by molar-refractivity contribution is 0.113. The molecule has 25 heavy (non-hydrogen) atoms. The summed E-state index contributed by atoms with van der Waals surface area (Å²) in [5.74, 6) is 0. The lowest BCUT2D eigenvalue weighted by Crippen LogP contribution is -2.44. The summed E-state index contributed by atoms with van der Waals surface area (Å²) >= 11 is 1.91. The number of nitrogens with zero attached hydrogens (tertiary/aromatic N) is 2. The molecule has 2 aromatic carbocycles. The molecule has 0 unspecified atom stereocenters. The van der Waals surface area contributed by atoms with E-state index < -0.39 is 0 Å². The fourth-order valence-electron chi connectivity index (χ4n) is 4.31. The zero-order chi connectivity index (χ0) is 17.2. The highest BCUT2D eigenvalue weighted by atomic mass is 32.1. The molecule has 3 aromatic rings. The molecule has 1 aromatic heterocycles. The number of benzene rings is 2. The average molecular weight is 353 g/mol. The highest BCUT2D eigenvalue weighted by Crippen LogP contribution is 2.34. The highest BCUT2D eigenvalue weighted by Gasteiger charge is 2.22. The van der Waals surface area contributed by atoms with E-state index in [1.165, 1.54) is 64.8 Å². The van der Waals surface area contributed by atoms with Crippen LogP contribution in [0.5, 0.6) is 0 Å². The number of fused-ring (bicyclic) bond motifs is 3. The van der Waals surface area contributed by atoms with E-state index in [2.05, 4.69) is 66.1 Å². The predicted octanol–water partition coefficient (Wildman–Crippen LogP) is 5.36. The van der Waals surface area contributed by atoms with Gasteiger partial charge in [0.1, 0.15) is 0 Å². The fourth-order valence-corrected chi connectivity index (χ4v) is 5.40. The Morgan fingerprint density at radius 1 is 0.960 bits per heavy atom. The Morgan fingerprint density at radius 3 is 2.44 bits per heavy atom. The van der Waals surface area contributed by atoms with Crippen LogP contribution in [0.25, 0.3) is 20.2 Å². The maximum Gasteiger partial charge on any atom is 0.0355 e. The van der Waals surface area contributed by atoms with Crippen LogP contribution in [0.3, 0.4) is 0 Å². The van der Waals surface area contributed by atoms with Gasteiger partial charge in [0.25, 0.3) is 0 Å². The van der Waals surface area contributed by atoms with Crippen LogP contribution < -0.4 is 0 Å². The van der Waals surface area contributed by atoms with Crippen molar-refractivity contribution < 1.29 is 0 Å². The molecule has 1 aliphatic heterocycles. The summed E-state index contributed by atoms with van der Waals surface area (Å²) in [6, 6.07) is 16.6. The minimum absolute atomic E-state index is 0.787. The Hall–Kier alpha value is -1.42. The molecule has 0 N–H and O–H groups in total. The van der Waals surface area contributed by atoms with Gasteiger partial charge in [-0.25, -0.2) is 0 Å². The lowest BCUT2D eigenvalue weighted by atomic mass is 10.0. The number of likely N-dealkylation sites (tertiary alicyclic amines) is 1. The normalized spacial score (nSPS) is 17.1. The molecule has 1 fully saturated rings. The van der Waals surface area contributed by atoms with Crippen LogP contribution in [0.4, 0.5) is 0 Å². The molecule has 0 amide bonds. The van der Waals surface area contributed by atoms with Crippen molar-refractivity contribution in [1.82, 2.24) is 9.80 Å². The van der Waals surface area contributed by atoms with E-state index in [1.54, 1.807) is 0 Å². The van der Waals surface area contributed by atoms with E-state index in [-0.39, 0.29) is 0 Å². The van der Waals surface area contributed by atoms with Gasteiger partial charge in [0.05, 0.1) is 0 Å². The maximum absolute atomic E-state index is 2.63. The van der Waals surface area contributed by atoms with E-state index in [0.717, 1.165) is 12.6 Å². The van der Waals surface area contributed by atoms with Gasteiger partial charge in [-0.15, -0.1) is 11.3 Å². The first-order chi connectivity index (χ1) is 12.3. The van der Waals surface area contributed by atoms with E-state index in [9.17, 15) is 0 Å². The van der Waals surface area contributed by atoms with Crippen molar-refractivity contribution >= 4 is 31.5 Å². The summed E-state index contributed by atoms with van der Waals surface area (Å²) in [7, 11) is 0. The van der Waals surface area contributed by atoms with Crippen LogP contribution in [0.15, 0.2) is 42.5 Å². The van der Waals surface area contributed by atoms with Gasteiger partial charge in [-0.3, -0.25) is 4.90 Å². The standard InChI is InChI=1S/C22H28N2S/c1-3-24(4-2)18-11-13-23(14-12-18)16-17-9-10-22-20(15-17)19-7-5-6-8-21(19)25-22/h5-10,15,18H,3-4,11-14,16H2,1-2H3. The molecule has 2 heterocycles. The average Bonchev–Trinajstić information content (AvgIpc) is 3.02. The number of hydrogen-bond donors (Lipinski definition) is 0. The van der Waals surface area contributed by atoms with Crippen molar-refractivity contribution in [3.63, 3.8) is 0 Å². The molecule has 0 bridgehead atoms. The molecule has 0 saturated carbocycles. The minimum atomic E-state index is 0.787. The highest BCUT2D eigenvalue weighted by molar-refractivity contribution is 7.25. The summed E-state index contributed by atoms with van der Waals surface area (Å²) in [5.41, 5.74) is 1.46. The molecule has 0 aliphatic carbocycles. The quantitative estimate of drug-likeness (QED) is 0.610. The summed E-state index contributed by atoms with van der Waals surface area (Å²) in [6.45, 7) is 10.5. The number of hydrogen-bond acceptors (Lipinski definition) is 3. The zero-order valence-electron chi connectivity index (χ0n) is 15.4. The molecule has 3 heteroatoms. The Morgan fingerprint density at radius 2 is 1.68 bits per heavy atom. The van der Waals surface area contributed by atoms with Gasteiger partial charge in [0.2, 0.25) is 0 Å². The van der Waals surface area contributed by atoms with Gasteiger partial charge in [0.15, 0.2) is 0 Å². The van der Waals surface area contributed by atoms with Gasteiger partial charge >= 0.3 is 0 Å². The van der Waals surface area contributed by atoms with Gasteiger partial charge in [0, 0.05) is 32.8 Å². The molecule has 0 radical (unpaired) electrons. The van der Waals surface area contributed by atoms with Gasteiger partial charge in [-0.05, 0) is 62.8 Å². The molecule has 2 nitrogen and oxygen atoms in total. The van der Waals surface area contributed by atoms with E-state index in [1.807, 2.05) is 11.3 Å². The summed E-state index contributed by atoms with van der Waals surface area (Å²) in [6.07, 6.45) is 2.62. The van der Waals surface area contributed by atoms with Gasteiger partial charge < -0.3 is 4.90 Å². The summed E-state index contributed by atoms with van der Waals surface area (Å²) < 4.78 is 2.81. The minimum Gasteiger partial charge on any atom is -0.301 e. The number of piperidine rings is 1. The first-order valence-electron chi connectivity index (χ1n) is 9.65. The lowest BCUT2D eigenvalue weighted by Gasteiger charge is -2.37. The van der Waals surface area contributed by atoms with E-state index in [4.69, 9.17) is 0 Å². The monoisotopic (exact) mass is 352 g/mol. The molecule has 1 aliphatic rings. The van der Waals surface area contributed by atoms with Gasteiger partial charge in [-0.2, -0.15) is 0 Å². The zero-order valence-corrected chi connectivity index (χ0v) is 16.2. The van der Waals surface area contributed by atoms with Crippen molar-refractivity contribution in [2.45, 2.75) is 39.3 Å². The fraction of sp³-hybridized carbons (Fsp3) is 0.455. The molecule has 132 valence electrons. The van der Waals surface area contributed by atoms with Crippen molar-refractivity contribution in [1.29, 1.82) is 0 Å². The Bertz CT molecular complexity index is 841. The Labute approximate surface area is 155 Å². The molecular weight excluding hydrogens is 324 g/mol. The van der Waals surface area contributed by atoms with Crippen LogP contribution in [0.2, 0.25) is 0 Å². The Kier molecular flexibility index (Phi) is 5.07. The van der Waals surface area contributed by atoms with Crippen LogP contribution in [0.1, 0.15) is 32.3 Å². The van der Waals surface area contributed by atoms with E-state index in [0.29, 0.717) is 0 Å². The first-order valence-corrected chi connectivity index (χ1v) is 10.5. The first kappa shape index (κ1) is 17.0. The molecule has 0 atom stereocenters. The summed E-state index contributed by atoms with van der Waals surface area (Å²) in [5, 5.41) is 2.83. The van der Waals surface area contributed by atoms with Crippen molar-refractivity contribution in [2.24, 2.45) is 0 Å². The predicted molar refractivity (Wildman–Crippen MR) is 111 cm³/mol. The second-order valence-electron chi connectivity index (χ2n) is 7.16. The van der Waals surface area contributed by atoms with Crippen LogP contribution in [-0.4, -0.2) is 42.0 Å². The van der Waals surface area contributed by atoms with Crippen LogP contribution in [0, 0.1) is 0 Å².